The molecule has 0 saturated carbocycles. The maximum Gasteiger partial charge on any atom is 0.152 e. The lowest BCUT2D eigenvalue weighted by molar-refractivity contribution is -0.112. The van der Waals surface area contributed by atoms with Crippen molar-refractivity contribution < 1.29 is 4.79 Å². The Kier molecular flexibility index (Phi) is 5.19. The molecule has 0 unspecified atom stereocenters. The number of hydrogen-bond donors (Lipinski definition) is 0. The number of ketones is 1. The van der Waals surface area contributed by atoms with Crippen LogP contribution in [0, 0.1) is 0 Å². The van der Waals surface area contributed by atoms with Crippen LogP contribution >= 0.6 is 11.8 Å². The van der Waals surface area contributed by atoms with E-state index >= 15 is 0 Å². The molecule has 0 fully saturated rings. The maximum atomic E-state index is 10.6. The Balaban J connectivity index is 2.41. The summed E-state index contributed by atoms with van der Waals surface area (Å²) < 4.78 is 0. The Morgan fingerprint density at radius 1 is 1.33 bits per heavy atom. The molecule has 1 aromatic carbocycles. The van der Waals surface area contributed by atoms with Gasteiger partial charge in [0.1, 0.15) is 0 Å². The van der Waals surface area contributed by atoms with Crippen LogP contribution in [0.3, 0.4) is 0 Å². The fourth-order valence-corrected chi connectivity index (χ4v) is 1.89. The molecule has 80 valence electrons. The minimum Gasteiger partial charge on any atom is -0.295 e. The van der Waals surface area contributed by atoms with E-state index in [1.807, 2.05) is 6.08 Å². The lowest BCUT2D eigenvalue weighted by Crippen LogP contribution is -1.82. The average Bonchev–Trinajstić information content (AvgIpc) is 2.25. The monoisotopic (exact) mass is 220 g/mol. The second kappa shape index (κ2) is 6.46. The van der Waals surface area contributed by atoms with Gasteiger partial charge in [0.05, 0.1) is 0 Å². The average molecular weight is 220 g/mol. The normalized spacial score (nSPS) is 10.8. The Labute approximate surface area is 95.6 Å². The smallest absolute Gasteiger partial charge is 0.152 e. The highest BCUT2D eigenvalue weighted by Crippen LogP contribution is 2.18. The molecule has 0 saturated heterocycles. The van der Waals surface area contributed by atoms with Crippen molar-refractivity contribution in [1.82, 2.24) is 0 Å². The molecule has 0 amide bonds. The summed E-state index contributed by atoms with van der Waals surface area (Å²) >= 11 is 1.74. The predicted molar refractivity (Wildman–Crippen MR) is 66.4 cm³/mol. The molecule has 0 atom stereocenters. The van der Waals surface area contributed by atoms with E-state index in [0.29, 0.717) is 0 Å². The topological polar surface area (TPSA) is 17.1 Å². The molecular weight excluding hydrogens is 204 g/mol. The molecule has 0 N–H and O–H groups in total. The highest BCUT2D eigenvalue weighted by Gasteiger charge is 1.92. The van der Waals surface area contributed by atoms with Gasteiger partial charge in [-0.15, -0.1) is 11.8 Å². The van der Waals surface area contributed by atoms with Crippen LogP contribution in [0.25, 0.3) is 0 Å². The molecule has 2 heteroatoms. The van der Waals surface area contributed by atoms with Gasteiger partial charge in [0, 0.05) is 10.6 Å². The van der Waals surface area contributed by atoms with E-state index in [-0.39, 0.29) is 5.78 Å². The molecule has 0 aliphatic carbocycles. The number of aryl methyl sites for hydroxylation is 1. The van der Waals surface area contributed by atoms with Gasteiger partial charge in [-0.05, 0) is 37.1 Å². The van der Waals surface area contributed by atoms with E-state index in [2.05, 4.69) is 31.2 Å². The van der Waals surface area contributed by atoms with Gasteiger partial charge in [0.15, 0.2) is 5.78 Å². The molecule has 0 aliphatic rings. The number of benzene rings is 1. The standard InChI is InChI=1S/C13H16OS/c1-3-12-6-8-13(9-7-12)15-10-4-5-11(2)14/h4-9H,3,10H2,1-2H3. The minimum atomic E-state index is 0.108. The zero-order valence-electron chi connectivity index (χ0n) is 9.19. The summed E-state index contributed by atoms with van der Waals surface area (Å²) in [6, 6.07) is 8.56. The van der Waals surface area contributed by atoms with Crippen molar-refractivity contribution in [3.05, 3.63) is 42.0 Å². The zero-order valence-corrected chi connectivity index (χ0v) is 10.0. The summed E-state index contributed by atoms with van der Waals surface area (Å²) in [5.74, 6) is 0.961. The Hall–Kier alpha value is -1.02. The van der Waals surface area contributed by atoms with Crippen molar-refractivity contribution in [2.24, 2.45) is 0 Å². The van der Waals surface area contributed by atoms with Crippen molar-refractivity contribution in [1.29, 1.82) is 0 Å². The summed E-state index contributed by atoms with van der Waals surface area (Å²) in [7, 11) is 0. The van der Waals surface area contributed by atoms with Gasteiger partial charge in [-0.25, -0.2) is 0 Å². The van der Waals surface area contributed by atoms with Gasteiger partial charge < -0.3 is 0 Å². The van der Waals surface area contributed by atoms with E-state index in [4.69, 9.17) is 0 Å². The largest absolute Gasteiger partial charge is 0.295 e. The first-order valence-corrected chi connectivity index (χ1v) is 6.09. The second-order valence-corrected chi connectivity index (χ2v) is 4.41. The summed E-state index contributed by atoms with van der Waals surface area (Å²) in [4.78, 5) is 11.9. The summed E-state index contributed by atoms with van der Waals surface area (Å²) in [6.07, 6.45) is 4.60. The SMILES string of the molecule is CCc1ccc(SCC=CC(C)=O)cc1. The number of rotatable bonds is 5. The molecule has 15 heavy (non-hydrogen) atoms. The van der Waals surface area contributed by atoms with Gasteiger partial charge in [0.2, 0.25) is 0 Å². The van der Waals surface area contributed by atoms with Crippen molar-refractivity contribution in [3.63, 3.8) is 0 Å². The first-order valence-electron chi connectivity index (χ1n) is 5.11. The van der Waals surface area contributed by atoms with Gasteiger partial charge >= 0.3 is 0 Å². The number of hydrogen-bond acceptors (Lipinski definition) is 2. The number of allylic oxidation sites excluding steroid dienone is 1. The van der Waals surface area contributed by atoms with E-state index in [1.54, 1.807) is 24.8 Å². The highest BCUT2D eigenvalue weighted by atomic mass is 32.2. The molecule has 0 radical (unpaired) electrons. The first kappa shape index (κ1) is 12.1. The van der Waals surface area contributed by atoms with Crippen molar-refractivity contribution >= 4 is 17.5 Å². The predicted octanol–water partition coefficient (Wildman–Crippen LogP) is 3.49. The molecule has 1 aromatic rings. The lowest BCUT2D eigenvalue weighted by Gasteiger charge is -1.99. The van der Waals surface area contributed by atoms with Gasteiger partial charge in [-0.3, -0.25) is 4.79 Å². The van der Waals surface area contributed by atoms with Gasteiger partial charge in [-0.1, -0.05) is 25.1 Å². The first-order chi connectivity index (χ1) is 7.22. The summed E-state index contributed by atoms with van der Waals surface area (Å²) in [5.41, 5.74) is 1.36. The third-order valence-electron chi connectivity index (χ3n) is 2.03. The Morgan fingerprint density at radius 2 is 2.00 bits per heavy atom. The van der Waals surface area contributed by atoms with Gasteiger partial charge in [-0.2, -0.15) is 0 Å². The maximum absolute atomic E-state index is 10.6. The molecule has 0 bridgehead atoms. The molecule has 1 rings (SSSR count). The van der Waals surface area contributed by atoms with E-state index in [1.165, 1.54) is 10.5 Å². The highest BCUT2D eigenvalue weighted by molar-refractivity contribution is 7.99. The van der Waals surface area contributed by atoms with Crippen molar-refractivity contribution in [2.75, 3.05) is 5.75 Å². The number of carbonyl (C=O) groups is 1. The van der Waals surface area contributed by atoms with Gasteiger partial charge in [0.25, 0.3) is 0 Å². The zero-order chi connectivity index (χ0) is 11.1. The third-order valence-corrected chi connectivity index (χ3v) is 3.00. The minimum absolute atomic E-state index is 0.108. The second-order valence-electron chi connectivity index (χ2n) is 3.32. The quantitative estimate of drug-likeness (QED) is 0.558. The number of carbonyl (C=O) groups excluding carboxylic acids is 1. The lowest BCUT2D eigenvalue weighted by atomic mass is 10.2. The third kappa shape index (κ3) is 4.84. The van der Waals surface area contributed by atoms with E-state index in [9.17, 15) is 4.79 Å². The molecule has 0 spiro atoms. The fourth-order valence-electron chi connectivity index (χ4n) is 1.18. The molecule has 1 nitrogen and oxygen atoms in total. The van der Waals surface area contributed by atoms with Crippen molar-refractivity contribution in [2.45, 2.75) is 25.2 Å². The van der Waals surface area contributed by atoms with E-state index < -0.39 is 0 Å². The molecular formula is C13H16OS. The van der Waals surface area contributed by atoms with Crippen LogP contribution in [0.4, 0.5) is 0 Å². The fraction of sp³-hybridized carbons (Fsp3) is 0.308. The van der Waals surface area contributed by atoms with Crippen LogP contribution in [0.15, 0.2) is 41.3 Å². The van der Waals surface area contributed by atoms with Crippen LogP contribution in [0.2, 0.25) is 0 Å². The van der Waals surface area contributed by atoms with Crippen LogP contribution in [-0.2, 0) is 11.2 Å². The van der Waals surface area contributed by atoms with Crippen LogP contribution in [0.5, 0.6) is 0 Å². The Bertz CT molecular complexity index is 338. The van der Waals surface area contributed by atoms with Crippen LogP contribution < -0.4 is 0 Å². The van der Waals surface area contributed by atoms with Crippen LogP contribution in [-0.4, -0.2) is 11.5 Å². The van der Waals surface area contributed by atoms with E-state index in [0.717, 1.165) is 12.2 Å². The Morgan fingerprint density at radius 3 is 2.53 bits per heavy atom. The number of thioether (sulfide) groups is 1. The molecule has 0 aromatic heterocycles. The summed E-state index contributed by atoms with van der Waals surface area (Å²) in [5, 5.41) is 0. The van der Waals surface area contributed by atoms with Crippen molar-refractivity contribution in [3.8, 4) is 0 Å². The molecule has 0 heterocycles. The molecule has 0 aliphatic heterocycles. The summed E-state index contributed by atoms with van der Waals surface area (Å²) in [6.45, 7) is 3.72. The van der Waals surface area contributed by atoms with Crippen LogP contribution in [0.1, 0.15) is 19.4 Å².